The van der Waals surface area contributed by atoms with E-state index in [1.54, 1.807) is 13.0 Å². The van der Waals surface area contributed by atoms with Gasteiger partial charge in [-0.25, -0.2) is 8.42 Å². The summed E-state index contributed by atoms with van der Waals surface area (Å²) in [6.45, 7) is 1.60. The van der Waals surface area contributed by atoms with Crippen molar-refractivity contribution in [1.82, 2.24) is 0 Å². The average Bonchev–Trinajstić information content (AvgIpc) is 2.99. The van der Waals surface area contributed by atoms with Gasteiger partial charge >= 0.3 is 0 Å². The minimum Gasteiger partial charge on any atom is -0.494 e. The van der Waals surface area contributed by atoms with Gasteiger partial charge in [0, 0.05) is 11.8 Å². The standard InChI is InChI=1S/C18H22N2O3S/c1-3-24(21,22)20-17-11-9-14(12-18(17)23-2)19-16-10-8-13-6-4-5-7-15(13)16/h4-7,9,11-12,16,19-20H,3,8,10H2,1-2H3/t16-/m1/s1. The molecule has 2 N–H and O–H groups in total. The number of hydrogen-bond acceptors (Lipinski definition) is 4. The lowest BCUT2D eigenvalue weighted by molar-refractivity contribution is 0.417. The fraction of sp³-hybridized carbons (Fsp3) is 0.333. The molecule has 0 aromatic heterocycles. The van der Waals surface area contributed by atoms with Crippen LogP contribution in [0.5, 0.6) is 5.75 Å². The molecule has 0 saturated heterocycles. The number of hydrogen-bond donors (Lipinski definition) is 2. The molecule has 0 aliphatic heterocycles. The van der Waals surface area contributed by atoms with Gasteiger partial charge in [-0.3, -0.25) is 4.72 Å². The summed E-state index contributed by atoms with van der Waals surface area (Å²) in [4.78, 5) is 0. The Labute approximate surface area is 143 Å². The van der Waals surface area contributed by atoms with Crippen molar-refractivity contribution in [2.45, 2.75) is 25.8 Å². The molecule has 0 unspecified atom stereocenters. The highest BCUT2D eigenvalue weighted by Gasteiger charge is 2.22. The molecule has 0 bridgehead atoms. The van der Waals surface area contributed by atoms with E-state index >= 15 is 0 Å². The summed E-state index contributed by atoms with van der Waals surface area (Å²) in [6.07, 6.45) is 2.12. The summed E-state index contributed by atoms with van der Waals surface area (Å²) in [5.41, 5.74) is 4.08. The molecule has 128 valence electrons. The molecule has 2 aromatic carbocycles. The Hall–Kier alpha value is -2.21. The van der Waals surface area contributed by atoms with Crippen LogP contribution in [0.4, 0.5) is 11.4 Å². The molecule has 2 aromatic rings. The average molecular weight is 346 g/mol. The van der Waals surface area contributed by atoms with Crippen LogP contribution in [0.2, 0.25) is 0 Å². The monoisotopic (exact) mass is 346 g/mol. The van der Waals surface area contributed by atoms with Gasteiger partial charge in [0.05, 0.1) is 24.6 Å². The third-order valence-corrected chi connectivity index (χ3v) is 5.61. The zero-order valence-corrected chi connectivity index (χ0v) is 14.7. The highest BCUT2D eigenvalue weighted by Crippen LogP contribution is 2.36. The van der Waals surface area contributed by atoms with Crippen molar-refractivity contribution in [2.75, 3.05) is 22.9 Å². The normalized spacial score (nSPS) is 16.5. The van der Waals surface area contributed by atoms with Gasteiger partial charge in [-0.1, -0.05) is 24.3 Å². The van der Waals surface area contributed by atoms with Crippen molar-refractivity contribution in [3.8, 4) is 5.75 Å². The van der Waals surface area contributed by atoms with Gasteiger partial charge in [-0.15, -0.1) is 0 Å². The summed E-state index contributed by atoms with van der Waals surface area (Å²) < 4.78 is 31.4. The Balaban J connectivity index is 1.81. The summed E-state index contributed by atoms with van der Waals surface area (Å²) in [5, 5.41) is 3.52. The molecule has 5 nitrogen and oxygen atoms in total. The number of sulfonamides is 1. The summed E-state index contributed by atoms with van der Waals surface area (Å²) in [5.74, 6) is 0.526. The highest BCUT2D eigenvalue weighted by atomic mass is 32.2. The Morgan fingerprint density at radius 1 is 1.21 bits per heavy atom. The number of nitrogens with one attached hydrogen (secondary N) is 2. The maximum absolute atomic E-state index is 11.8. The summed E-state index contributed by atoms with van der Waals surface area (Å²) >= 11 is 0. The number of rotatable bonds is 6. The second-order valence-electron chi connectivity index (χ2n) is 5.85. The largest absolute Gasteiger partial charge is 0.494 e. The van der Waals surface area contributed by atoms with Crippen LogP contribution >= 0.6 is 0 Å². The van der Waals surface area contributed by atoms with Gasteiger partial charge in [-0.05, 0) is 43.0 Å². The molecule has 3 rings (SSSR count). The van der Waals surface area contributed by atoms with Crippen LogP contribution in [0.25, 0.3) is 0 Å². The molecule has 0 saturated carbocycles. The van der Waals surface area contributed by atoms with Crippen molar-refractivity contribution in [3.05, 3.63) is 53.6 Å². The minimum atomic E-state index is -3.33. The molecule has 0 radical (unpaired) electrons. The maximum atomic E-state index is 11.8. The van der Waals surface area contributed by atoms with Crippen molar-refractivity contribution in [2.24, 2.45) is 0 Å². The summed E-state index contributed by atoms with van der Waals surface area (Å²) in [6, 6.07) is 14.1. The molecule has 6 heteroatoms. The first-order valence-electron chi connectivity index (χ1n) is 8.05. The van der Waals surface area contributed by atoms with Crippen LogP contribution in [-0.2, 0) is 16.4 Å². The van der Waals surface area contributed by atoms with Crippen molar-refractivity contribution < 1.29 is 13.2 Å². The van der Waals surface area contributed by atoms with Crippen LogP contribution in [0.15, 0.2) is 42.5 Å². The van der Waals surface area contributed by atoms with E-state index in [9.17, 15) is 8.42 Å². The van der Waals surface area contributed by atoms with Gasteiger partial charge in [0.2, 0.25) is 10.0 Å². The second-order valence-corrected chi connectivity index (χ2v) is 7.87. The SMILES string of the molecule is CCS(=O)(=O)Nc1ccc(N[C@@H]2CCc3ccccc32)cc1OC. The Bertz CT molecular complexity index is 834. The Morgan fingerprint density at radius 3 is 2.75 bits per heavy atom. The quantitative estimate of drug-likeness (QED) is 0.839. The number of anilines is 2. The van der Waals surface area contributed by atoms with Gasteiger partial charge < -0.3 is 10.1 Å². The molecule has 1 aliphatic carbocycles. The molecule has 1 aliphatic rings. The first kappa shape index (κ1) is 16.6. The van der Waals surface area contributed by atoms with E-state index < -0.39 is 10.0 Å². The predicted molar refractivity (Wildman–Crippen MR) is 97.2 cm³/mol. The third-order valence-electron chi connectivity index (χ3n) is 4.32. The molecule has 24 heavy (non-hydrogen) atoms. The fourth-order valence-electron chi connectivity index (χ4n) is 3.01. The zero-order valence-electron chi connectivity index (χ0n) is 13.9. The van der Waals surface area contributed by atoms with E-state index in [0.717, 1.165) is 18.5 Å². The first-order chi connectivity index (χ1) is 11.5. The fourth-order valence-corrected chi connectivity index (χ4v) is 3.66. The van der Waals surface area contributed by atoms with Crippen LogP contribution in [0.3, 0.4) is 0 Å². The second kappa shape index (κ2) is 6.73. The predicted octanol–water partition coefficient (Wildman–Crippen LogP) is 3.56. The zero-order chi connectivity index (χ0) is 17.2. The van der Waals surface area contributed by atoms with Crippen molar-refractivity contribution in [1.29, 1.82) is 0 Å². The number of fused-ring (bicyclic) bond motifs is 1. The number of benzene rings is 2. The topological polar surface area (TPSA) is 67.4 Å². The first-order valence-corrected chi connectivity index (χ1v) is 9.70. The third kappa shape index (κ3) is 3.48. The molecular formula is C18H22N2O3S. The number of methoxy groups -OCH3 is 1. The van der Waals surface area contributed by atoms with Crippen molar-refractivity contribution in [3.63, 3.8) is 0 Å². The van der Waals surface area contributed by atoms with Gasteiger partial charge in [0.1, 0.15) is 5.75 Å². The van der Waals surface area contributed by atoms with Crippen LogP contribution < -0.4 is 14.8 Å². The number of aryl methyl sites for hydroxylation is 1. The maximum Gasteiger partial charge on any atom is 0.232 e. The lowest BCUT2D eigenvalue weighted by Gasteiger charge is -2.18. The highest BCUT2D eigenvalue weighted by molar-refractivity contribution is 7.92. The molecular weight excluding hydrogens is 324 g/mol. The van der Waals surface area contributed by atoms with Gasteiger partial charge in [-0.2, -0.15) is 0 Å². The van der Waals surface area contributed by atoms with E-state index in [1.807, 2.05) is 12.1 Å². The van der Waals surface area contributed by atoms with E-state index in [0.29, 0.717) is 11.4 Å². The van der Waals surface area contributed by atoms with Crippen LogP contribution in [0, 0.1) is 0 Å². The molecule has 0 heterocycles. The van der Waals surface area contributed by atoms with E-state index in [-0.39, 0.29) is 11.8 Å². The Morgan fingerprint density at radius 2 is 2.00 bits per heavy atom. The van der Waals surface area contributed by atoms with Crippen molar-refractivity contribution >= 4 is 21.4 Å². The minimum absolute atomic E-state index is 0.0228. The lowest BCUT2D eigenvalue weighted by Crippen LogP contribution is -2.15. The van der Waals surface area contributed by atoms with Crippen LogP contribution in [-0.4, -0.2) is 21.3 Å². The van der Waals surface area contributed by atoms with Gasteiger partial charge in [0.15, 0.2) is 0 Å². The molecule has 0 amide bonds. The van der Waals surface area contributed by atoms with E-state index in [4.69, 9.17) is 4.74 Å². The Kier molecular flexibility index (Phi) is 4.66. The number of ether oxygens (including phenoxy) is 1. The molecule has 1 atom stereocenters. The molecule has 0 spiro atoms. The lowest BCUT2D eigenvalue weighted by atomic mass is 10.1. The van der Waals surface area contributed by atoms with E-state index in [2.05, 4.69) is 34.3 Å². The van der Waals surface area contributed by atoms with Crippen LogP contribution in [0.1, 0.15) is 30.5 Å². The van der Waals surface area contributed by atoms with Gasteiger partial charge in [0.25, 0.3) is 0 Å². The molecule has 0 fully saturated rings. The van der Waals surface area contributed by atoms with E-state index in [1.165, 1.54) is 18.2 Å². The smallest absolute Gasteiger partial charge is 0.232 e. The summed E-state index contributed by atoms with van der Waals surface area (Å²) in [7, 11) is -1.80.